The molecule has 6 nitrogen and oxygen atoms in total. The molecule has 0 aliphatic carbocycles. The molecule has 2 aromatic rings. The number of rotatable bonds is 4. The molecule has 148 valence electrons. The number of aromatic nitrogens is 1. The molecule has 2 aliphatic heterocycles. The molecule has 0 saturated carbocycles. The summed E-state index contributed by atoms with van der Waals surface area (Å²) >= 11 is 0. The maximum Gasteiger partial charge on any atom is 0.272 e. The molecule has 2 saturated heterocycles. The fraction of sp³-hybridized carbons (Fsp3) is 0.455. The minimum Gasteiger partial charge on any atom is -0.378 e. The largest absolute Gasteiger partial charge is 0.378 e. The Kier molecular flexibility index (Phi) is 6.07. The average molecular weight is 380 g/mol. The van der Waals surface area contributed by atoms with Crippen molar-refractivity contribution in [3.8, 4) is 0 Å². The maximum atomic E-state index is 12.9. The second-order valence-electron chi connectivity index (χ2n) is 7.38. The van der Waals surface area contributed by atoms with Crippen molar-refractivity contribution in [2.75, 3.05) is 49.6 Å². The Labute approximate surface area is 166 Å². The SMILES string of the molecule is O=C(c1cc(Nc2ccccc2N2CCOCC2)ccn1)N1CCCCCC1. The van der Waals surface area contributed by atoms with Gasteiger partial charge in [-0.3, -0.25) is 9.78 Å². The van der Waals surface area contributed by atoms with Gasteiger partial charge in [0.1, 0.15) is 5.69 Å². The van der Waals surface area contributed by atoms with Crippen molar-refractivity contribution in [3.05, 3.63) is 48.3 Å². The highest BCUT2D eigenvalue weighted by Crippen LogP contribution is 2.29. The van der Waals surface area contributed by atoms with E-state index in [1.54, 1.807) is 6.20 Å². The normalized spacial score (nSPS) is 17.9. The molecule has 0 spiro atoms. The minimum absolute atomic E-state index is 0.0343. The Morgan fingerprint density at radius 3 is 2.50 bits per heavy atom. The predicted molar refractivity (Wildman–Crippen MR) is 111 cm³/mol. The van der Waals surface area contributed by atoms with Crippen molar-refractivity contribution in [3.63, 3.8) is 0 Å². The van der Waals surface area contributed by atoms with Crippen LogP contribution in [0, 0.1) is 0 Å². The second-order valence-corrected chi connectivity index (χ2v) is 7.38. The van der Waals surface area contributed by atoms with Gasteiger partial charge in [-0.25, -0.2) is 0 Å². The third-order valence-corrected chi connectivity index (χ3v) is 5.41. The summed E-state index contributed by atoms with van der Waals surface area (Å²) in [5, 5.41) is 3.49. The lowest BCUT2D eigenvalue weighted by Gasteiger charge is -2.30. The van der Waals surface area contributed by atoms with Crippen LogP contribution in [0.1, 0.15) is 36.2 Å². The third kappa shape index (κ3) is 4.44. The van der Waals surface area contributed by atoms with Gasteiger partial charge in [0.2, 0.25) is 0 Å². The van der Waals surface area contributed by atoms with Gasteiger partial charge in [-0.05, 0) is 37.1 Å². The van der Waals surface area contributed by atoms with Crippen molar-refractivity contribution >= 4 is 23.0 Å². The van der Waals surface area contributed by atoms with Gasteiger partial charge in [-0.15, -0.1) is 0 Å². The van der Waals surface area contributed by atoms with E-state index in [-0.39, 0.29) is 5.91 Å². The molecule has 2 aliphatic rings. The monoisotopic (exact) mass is 380 g/mol. The molecule has 1 amide bonds. The van der Waals surface area contributed by atoms with Crippen LogP contribution in [-0.4, -0.2) is 55.2 Å². The van der Waals surface area contributed by atoms with Crippen molar-refractivity contribution in [1.29, 1.82) is 0 Å². The molecule has 0 bridgehead atoms. The summed E-state index contributed by atoms with van der Waals surface area (Å²) in [6.07, 6.45) is 6.28. The van der Waals surface area contributed by atoms with Crippen molar-refractivity contribution in [2.45, 2.75) is 25.7 Å². The quantitative estimate of drug-likeness (QED) is 0.877. The smallest absolute Gasteiger partial charge is 0.272 e. The van der Waals surface area contributed by atoms with Gasteiger partial charge in [-0.2, -0.15) is 0 Å². The van der Waals surface area contributed by atoms with E-state index in [9.17, 15) is 4.79 Å². The number of nitrogens with zero attached hydrogens (tertiary/aromatic N) is 3. The molecule has 1 aromatic carbocycles. The number of hydrogen-bond donors (Lipinski definition) is 1. The summed E-state index contributed by atoms with van der Waals surface area (Å²) in [5.41, 5.74) is 3.58. The number of amides is 1. The first kappa shape index (κ1) is 18.7. The second kappa shape index (κ2) is 9.06. The summed E-state index contributed by atoms with van der Waals surface area (Å²) in [6, 6.07) is 12.0. The molecule has 3 heterocycles. The van der Waals surface area contributed by atoms with E-state index >= 15 is 0 Å². The zero-order chi connectivity index (χ0) is 19.2. The third-order valence-electron chi connectivity index (χ3n) is 5.41. The molecular formula is C22H28N4O2. The van der Waals surface area contributed by atoms with Crippen LogP contribution in [0.4, 0.5) is 17.1 Å². The zero-order valence-electron chi connectivity index (χ0n) is 16.3. The average Bonchev–Trinajstić information content (AvgIpc) is 3.04. The lowest BCUT2D eigenvalue weighted by Crippen LogP contribution is -2.36. The first-order chi connectivity index (χ1) is 13.8. The predicted octanol–water partition coefficient (Wildman–Crippen LogP) is 3.68. The van der Waals surface area contributed by atoms with E-state index in [0.29, 0.717) is 5.69 Å². The number of carbonyl (C=O) groups is 1. The topological polar surface area (TPSA) is 57.7 Å². The zero-order valence-corrected chi connectivity index (χ0v) is 16.3. The van der Waals surface area contributed by atoms with Crippen molar-refractivity contribution in [2.24, 2.45) is 0 Å². The highest BCUT2D eigenvalue weighted by atomic mass is 16.5. The molecule has 0 atom stereocenters. The number of pyridine rings is 1. The van der Waals surface area contributed by atoms with Crippen LogP contribution >= 0.6 is 0 Å². The van der Waals surface area contributed by atoms with Gasteiger partial charge in [0.25, 0.3) is 5.91 Å². The van der Waals surface area contributed by atoms with Gasteiger partial charge in [0.15, 0.2) is 0 Å². The van der Waals surface area contributed by atoms with E-state index in [1.165, 1.54) is 12.8 Å². The Hall–Kier alpha value is -2.60. The molecule has 1 N–H and O–H groups in total. The number of anilines is 3. The van der Waals surface area contributed by atoms with Crippen molar-refractivity contribution < 1.29 is 9.53 Å². The molecule has 0 unspecified atom stereocenters. The number of ether oxygens (including phenoxy) is 1. The minimum atomic E-state index is 0.0343. The van der Waals surface area contributed by atoms with Crippen LogP contribution < -0.4 is 10.2 Å². The molecule has 0 radical (unpaired) electrons. The van der Waals surface area contributed by atoms with Crippen LogP contribution in [0.3, 0.4) is 0 Å². The number of likely N-dealkylation sites (tertiary alicyclic amines) is 1. The number of hydrogen-bond acceptors (Lipinski definition) is 5. The Balaban J connectivity index is 1.52. The highest BCUT2D eigenvalue weighted by molar-refractivity contribution is 5.93. The summed E-state index contributed by atoms with van der Waals surface area (Å²) in [5.74, 6) is 0.0343. The highest BCUT2D eigenvalue weighted by Gasteiger charge is 2.19. The molecule has 6 heteroatoms. The number of carbonyl (C=O) groups excluding carboxylic acids is 1. The Morgan fingerprint density at radius 1 is 0.964 bits per heavy atom. The lowest BCUT2D eigenvalue weighted by atomic mass is 10.2. The number of benzene rings is 1. The summed E-state index contributed by atoms with van der Waals surface area (Å²) in [7, 11) is 0. The maximum absolute atomic E-state index is 12.9. The van der Waals surface area contributed by atoms with Gasteiger partial charge in [0.05, 0.1) is 24.6 Å². The van der Waals surface area contributed by atoms with E-state index in [1.807, 2.05) is 23.1 Å². The fourth-order valence-electron chi connectivity index (χ4n) is 3.88. The van der Waals surface area contributed by atoms with Gasteiger partial charge in [-0.1, -0.05) is 25.0 Å². The molecule has 2 fully saturated rings. The van der Waals surface area contributed by atoms with Crippen molar-refractivity contribution in [1.82, 2.24) is 9.88 Å². The Morgan fingerprint density at radius 2 is 1.71 bits per heavy atom. The van der Waals surface area contributed by atoms with E-state index in [2.05, 4.69) is 33.4 Å². The first-order valence-electron chi connectivity index (χ1n) is 10.3. The van der Waals surface area contributed by atoms with Gasteiger partial charge in [0, 0.05) is 38.1 Å². The fourth-order valence-corrected chi connectivity index (χ4v) is 3.88. The van der Waals surface area contributed by atoms with Crippen LogP contribution in [0.15, 0.2) is 42.6 Å². The van der Waals surface area contributed by atoms with E-state index < -0.39 is 0 Å². The van der Waals surface area contributed by atoms with Crippen LogP contribution in [0.25, 0.3) is 0 Å². The molecule has 1 aromatic heterocycles. The number of morpholine rings is 1. The van der Waals surface area contributed by atoms with E-state index in [0.717, 1.165) is 69.3 Å². The van der Waals surface area contributed by atoms with Crippen LogP contribution in [0.5, 0.6) is 0 Å². The summed E-state index contributed by atoms with van der Waals surface area (Å²) < 4.78 is 5.48. The number of para-hydroxylation sites is 2. The molecule has 28 heavy (non-hydrogen) atoms. The lowest BCUT2D eigenvalue weighted by molar-refractivity contribution is 0.0756. The molecule has 4 rings (SSSR count). The summed E-state index contributed by atoms with van der Waals surface area (Å²) in [4.78, 5) is 21.5. The number of nitrogens with one attached hydrogen (secondary N) is 1. The van der Waals surface area contributed by atoms with Gasteiger partial charge >= 0.3 is 0 Å². The standard InChI is InChI=1S/C22H28N4O2/c27-22(26-11-5-1-2-6-12-26)20-17-18(9-10-23-20)24-19-7-3-4-8-21(19)25-13-15-28-16-14-25/h3-4,7-10,17H,1-2,5-6,11-16H2,(H,23,24). The van der Waals surface area contributed by atoms with Crippen LogP contribution in [-0.2, 0) is 4.74 Å². The molecular weight excluding hydrogens is 352 g/mol. The Bertz CT molecular complexity index is 797. The first-order valence-corrected chi connectivity index (χ1v) is 10.3. The van der Waals surface area contributed by atoms with Crippen LogP contribution in [0.2, 0.25) is 0 Å². The van der Waals surface area contributed by atoms with Gasteiger partial charge < -0.3 is 19.9 Å². The summed E-state index contributed by atoms with van der Waals surface area (Å²) in [6.45, 7) is 4.92. The van der Waals surface area contributed by atoms with E-state index in [4.69, 9.17) is 4.74 Å².